The van der Waals surface area contributed by atoms with Crippen molar-refractivity contribution < 1.29 is 0 Å². The van der Waals surface area contributed by atoms with Gasteiger partial charge in [-0.3, -0.25) is 9.88 Å². The summed E-state index contributed by atoms with van der Waals surface area (Å²) in [5, 5.41) is 0. The summed E-state index contributed by atoms with van der Waals surface area (Å²) in [6.45, 7) is 0. The predicted octanol–water partition coefficient (Wildman–Crippen LogP) is 7.42. The van der Waals surface area contributed by atoms with Crippen LogP contribution < -0.4 is 9.80 Å². The third kappa shape index (κ3) is 4.07. The highest BCUT2D eigenvalue weighted by molar-refractivity contribution is 5.79. The molecule has 0 radical (unpaired) electrons. The molecule has 0 aliphatic carbocycles. The summed E-state index contributed by atoms with van der Waals surface area (Å²) in [7, 11) is 0. The van der Waals surface area contributed by atoms with E-state index in [0.717, 1.165) is 34.3 Å². The van der Waals surface area contributed by atoms with E-state index in [2.05, 4.69) is 92.6 Å². The summed E-state index contributed by atoms with van der Waals surface area (Å²) in [5.41, 5.74) is 5.28. The van der Waals surface area contributed by atoms with Gasteiger partial charge in [0.25, 0.3) is 0 Å². The van der Waals surface area contributed by atoms with Gasteiger partial charge in [-0.1, -0.05) is 42.5 Å². The second-order valence-corrected chi connectivity index (χ2v) is 7.26. The highest BCUT2D eigenvalue weighted by atomic mass is 15.2. The van der Waals surface area contributed by atoms with Crippen LogP contribution in [0.15, 0.2) is 134 Å². The lowest BCUT2D eigenvalue weighted by atomic mass is 10.1. The Labute approximate surface area is 188 Å². The van der Waals surface area contributed by atoms with Gasteiger partial charge in [0, 0.05) is 35.1 Å². The van der Waals surface area contributed by atoms with Crippen LogP contribution in [0.4, 0.5) is 34.3 Å². The molecule has 0 saturated carbocycles. The minimum atomic E-state index is 0.844. The fourth-order valence-electron chi connectivity index (χ4n) is 3.74. The van der Waals surface area contributed by atoms with Crippen molar-refractivity contribution >= 4 is 34.3 Å². The zero-order valence-corrected chi connectivity index (χ0v) is 17.5. The van der Waals surface area contributed by atoms with Crippen LogP contribution in [0.25, 0.3) is 0 Å². The molecule has 0 fully saturated rings. The molecule has 0 unspecified atom stereocenters. The van der Waals surface area contributed by atoms with Crippen molar-refractivity contribution in [2.24, 2.45) is 0 Å². The summed E-state index contributed by atoms with van der Waals surface area (Å²) >= 11 is 0. The van der Waals surface area contributed by atoms with Gasteiger partial charge in [0.1, 0.15) is 5.82 Å². The van der Waals surface area contributed by atoms with Gasteiger partial charge in [0.15, 0.2) is 0 Å². The first-order valence-corrected chi connectivity index (χ1v) is 10.5. The zero-order valence-electron chi connectivity index (χ0n) is 17.5. The van der Waals surface area contributed by atoms with E-state index in [1.807, 2.05) is 48.7 Å². The van der Waals surface area contributed by atoms with E-state index >= 15 is 0 Å². The first kappa shape index (κ1) is 19.5. The molecular weight excluding hydrogens is 392 g/mol. The molecule has 2 heterocycles. The Morgan fingerprint density at radius 3 is 1.47 bits per heavy atom. The van der Waals surface area contributed by atoms with Crippen molar-refractivity contribution in [3.63, 3.8) is 0 Å². The van der Waals surface area contributed by atoms with Crippen LogP contribution in [0, 0.1) is 0 Å². The molecule has 0 spiro atoms. The van der Waals surface area contributed by atoms with E-state index in [0.29, 0.717) is 0 Å². The van der Waals surface area contributed by atoms with Gasteiger partial charge >= 0.3 is 0 Å². The fourth-order valence-corrected chi connectivity index (χ4v) is 3.74. The van der Waals surface area contributed by atoms with Gasteiger partial charge in [-0.15, -0.1) is 0 Å². The van der Waals surface area contributed by atoms with Crippen molar-refractivity contribution in [2.75, 3.05) is 9.80 Å². The van der Waals surface area contributed by atoms with E-state index in [1.54, 1.807) is 12.4 Å². The number of pyridine rings is 2. The number of anilines is 6. The van der Waals surface area contributed by atoms with Crippen molar-refractivity contribution in [1.29, 1.82) is 0 Å². The molecule has 0 bridgehead atoms. The monoisotopic (exact) mass is 414 g/mol. The standard InChI is InChI=1S/C28H22N4/c1-3-10-23(11-4-1)31(24-12-5-2-6-13-24)25-16-18-26(19-17-25)32(27-14-9-20-29-22-27)28-15-7-8-21-30-28/h1-22H. The second kappa shape index (κ2) is 9.14. The third-order valence-electron chi connectivity index (χ3n) is 5.18. The molecule has 0 aliphatic heterocycles. The van der Waals surface area contributed by atoms with E-state index < -0.39 is 0 Å². The smallest absolute Gasteiger partial charge is 0.137 e. The first-order valence-electron chi connectivity index (χ1n) is 10.5. The van der Waals surface area contributed by atoms with Crippen LogP contribution in [-0.4, -0.2) is 9.97 Å². The van der Waals surface area contributed by atoms with Gasteiger partial charge in [-0.25, -0.2) is 4.98 Å². The van der Waals surface area contributed by atoms with Crippen molar-refractivity contribution in [3.8, 4) is 0 Å². The molecule has 0 amide bonds. The SMILES string of the molecule is c1ccc(N(c2ccccc2)c2ccc(N(c3cccnc3)c3ccccn3)cc2)cc1. The Balaban J connectivity index is 1.57. The first-order chi connectivity index (χ1) is 15.9. The summed E-state index contributed by atoms with van der Waals surface area (Å²) in [4.78, 5) is 13.2. The van der Waals surface area contributed by atoms with E-state index in [9.17, 15) is 0 Å². The van der Waals surface area contributed by atoms with Gasteiger partial charge < -0.3 is 4.90 Å². The van der Waals surface area contributed by atoms with Crippen LogP contribution >= 0.6 is 0 Å². The molecule has 2 aromatic heterocycles. The van der Waals surface area contributed by atoms with Gasteiger partial charge in [0.2, 0.25) is 0 Å². The van der Waals surface area contributed by atoms with Crippen LogP contribution in [0.2, 0.25) is 0 Å². The molecule has 4 heteroatoms. The van der Waals surface area contributed by atoms with Crippen molar-refractivity contribution in [1.82, 2.24) is 9.97 Å². The maximum absolute atomic E-state index is 4.57. The largest absolute Gasteiger partial charge is 0.311 e. The second-order valence-electron chi connectivity index (χ2n) is 7.26. The Morgan fingerprint density at radius 1 is 0.406 bits per heavy atom. The average molecular weight is 415 g/mol. The number of hydrogen-bond acceptors (Lipinski definition) is 4. The summed E-state index contributed by atoms with van der Waals surface area (Å²) in [5.74, 6) is 0.844. The number of benzene rings is 3. The summed E-state index contributed by atoms with van der Waals surface area (Å²) in [6.07, 6.45) is 5.43. The van der Waals surface area contributed by atoms with Crippen LogP contribution in [0.1, 0.15) is 0 Å². The van der Waals surface area contributed by atoms with Crippen molar-refractivity contribution in [2.45, 2.75) is 0 Å². The molecule has 0 saturated heterocycles. The maximum Gasteiger partial charge on any atom is 0.137 e. The van der Waals surface area contributed by atoms with E-state index in [4.69, 9.17) is 0 Å². The molecule has 5 rings (SSSR count). The van der Waals surface area contributed by atoms with Crippen LogP contribution in [-0.2, 0) is 0 Å². The normalized spacial score (nSPS) is 10.5. The Morgan fingerprint density at radius 2 is 0.938 bits per heavy atom. The summed E-state index contributed by atoms with van der Waals surface area (Å²) < 4.78 is 0. The maximum atomic E-state index is 4.57. The average Bonchev–Trinajstić information content (AvgIpc) is 2.88. The van der Waals surface area contributed by atoms with Crippen LogP contribution in [0.3, 0.4) is 0 Å². The quantitative estimate of drug-likeness (QED) is 0.289. The molecule has 32 heavy (non-hydrogen) atoms. The number of aromatic nitrogens is 2. The minimum Gasteiger partial charge on any atom is -0.311 e. The highest BCUT2D eigenvalue weighted by Crippen LogP contribution is 2.37. The number of nitrogens with zero attached hydrogens (tertiary/aromatic N) is 4. The summed E-state index contributed by atoms with van der Waals surface area (Å²) in [6, 6.07) is 39.2. The Hall–Kier alpha value is -4.44. The Bertz CT molecular complexity index is 1060. The molecule has 3 aromatic carbocycles. The number of rotatable bonds is 6. The van der Waals surface area contributed by atoms with Gasteiger partial charge in [-0.2, -0.15) is 0 Å². The van der Waals surface area contributed by atoms with E-state index in [1.165, 1.54) is 0 Å². The predicted molar refractivity (Wildman–Crippen MR) is 131 cm³/mol. The lowest BCUT2D eigenvalue weighted by molar-refractivity contribution is 1.16. The van der Waals surface area contributed by atoms with Gasteiger partial charge in [-0.05, 0) is 72.8 Å². The third-order valence-corrected chi connectivity index (χ3v) is 5.18. The molecule has 0 N–H and O–H groups in total. The molecular formula is C28H22N4. The Kier molecular flexibility index (Phi) is 5.58. The topological polar surface area (TPSA) is 32.3 Å². The minimum absolute atomic E-state index is 0.844. The van der Waals surface area contributed by atoms with E-state index in [-0.39, 0.29) is 0 Å². The molecule has 0 aliphatic rings. The highest BCUT2D eigenvalue weighted by Gasteiger charge is 2.16. The lowest BCUT2D eigenvalue weighted by Crippen LogP contribution is -2.13. The zero-order chi connectivity index (χ0) is 21.6. The van der Waals surface area contributed by atoms with Crippen molar-refractivity contribution in [3.05, 3.63) is 134 Å². The number of para-hydroxylation sites is 2. The molecule has 5 aromatic rings. The lowest BCUT2D eigenvalue weighted by Gasteiger charge is -2.27. The molecule has 0 atom stereocenters. The molecule has 4 nitrogen and oxygen atoms in total. The fraction of sp³-hybridized carbons (Fsp3) is 0. The van der Waals surface area contributed by atoms with Crippen LogP contribution in [0.5, 0.6) is 0 Å². The van der Waals surface area contributed by atoms with Gasteiger partial charge in [0.05, 0.1) is 11.9 Å². The molecule has 154 valence electrons. The number of hydrogen-bond donors (Lipinski definition) is 0.